The second-order valence-electron chi connectivity index (χ2n) is 8.43. The Labute approximate surface area is 168 Å². The third-order valence-electron chi connectivity index (χ3n) is 6.97. The monoisotopic (exact) mass is 396 g/mol. The highest BCUT2D eigenvalue weighted by Gasteiger charge is 2.57. The van der Waals surface area contributed by atoms with Crippen LogP contribution in [0.1, 0.15) is 56.9 Å². The van der Waals surface area contributed by atoms with Crippen LogP contribution in [0.25, 0.3) is 0 Å². The van der Waals surface area contributed by atoms with Crippen molar-refractivity contribution in [3.8, 4) is 0 Å². The fourth-order valence-electron chi connectivity index (χ4n) is 5.17. The first-order chi connectivity index (χ1) is 12.1. The van der Waals surface area contributed by atoms with Crippen LogP contribution >= 0.6 is 24.0 Å². The smallest absolute Gasteiger partial charge is 0.223 e. The van der Waals surface area contributed by atoms with E-state index >= 15 is 0 Å². The summed E-state index contributed by atoms with van der Waals surface area (Å²) in [6.45, 7) is 2.91. The zero-order valence-electron chi connectivity index (χ0n) is 15.4. The van der Waals surface area contributed by atoms with Crippen LogP contribution in [0.5, 0.6) is 0 Å². The van der Waals surface area contributed by atoms with Crippen LogP contribution in [-0.2, 0) is 10.2 Å². The van der Waals surface area contributed by atoms with Gasteiger partial charge in [-0.3, -0.25) is 4.79 Å². The van der Waals surface area contributed by atoms with E-state index in [1.807, 2.05) is 12.1 Å². The molecule has 5 heteroatoms. The number of rotatable bonds is 4. The molecule has 2 aliphatic carbocycles. The highest BCUT2D eigenvalue weighted by atomic mass is 35.5. The number of carbonyl (C=O) groups excluding carboxylic acids is 1. The Kier molecular flexibility index (Phi) is 6.21. The fourth-order valence-corrected chi connectivity index (χ4v) is 5.30. The summed E-state index contributed by atoms with van der Waals surface area (Å²) >= 11 is 6.08. The summed E-state index contributed by atoms with van der Waals surface area (Å²) < 4.78 is 0. The van der Waals surface area contributed by atoms with E-state index in [1.54, 1.807) is 0 Å². The summed E-state index contributed by atoms with van der Waals surface area (Å²) in [5.41, 5.74) is 1.74. The molecule has 3 fully saturated rings. The number of halogens is 2. The number of nitrogens with one attached hydrogen (secondary N) is 2. The summed E-state index contributed by atoms with van der Waals surface area (Å²) in [5.74, 6) is 0.543. The molecule has 1 spiro atoms. The molecule has 144 valence electrons. The van der Waals surface area contributed by atoms with Crippen LogP contribution in [0.4, 0.5) is 0 Å². The molecule has 26 heavy (non-hydrogen) atoms. The van der Waals surface area contributed by atoms with Crippen molar-refractivity contribution in [3.63, 3.8) is 0 Å². The van der Waals surface area contributed by atoms with Gasteiger partial charge in [0.05, 0.1) is 0 Å². The van der Waals surface area contributed by atoms with Gasteiger partial charge in [0.25, 0.3) is 0 Å². The molecule has 1 saturated heterocycles. The van der Waals surface area contributed by atoms with Crippen molar-refractivity contribution >= 4 is 29.9 Å². The topological polar surface area (TPSA) is 41.1 Å². The van der Waals surface area contributed by atoms with E-state index < -0.39 is 0 Å². The summed E-state index contributed by atoms with van der Waals surface area (Å²) in [5, 5.41) is 7.54. The van der Waals surface area contributed by atoms with E-state index in [0.717, 1.165) is 56.8 Å². The van der Waals surface area contributed by atoms with Crippen molar-refractivity contribution in [2.24, 2.45) is 11.3 Å². The van der Waals surface area contributed by atoms with Gasteiger partial charge in [-0.25, -0.2) is 0 Å². The Morgan fingerprint density at radius 1 is 1.08 bits per heavy atom. The molecular weight excluding hydrogens is 367 g/mol. The van der Waals surface area contributed by atoms with Gasteiger partial charge in [0.1, 0.15) is 0 Å². The molecule has 0 bridgehead atoms. The Morgan fingerprint density at radius 2 is 1.73 bits per heavy atom. The van der Waals surface area contributed by atoms with E-state index in [4.69, 9.17) is 11.6 Å². The maximum Gasteiger partial charge on any atom is 0.223 e. The highest BCUT2D eigenvalue weighted by Crippen LogP contribution is 2.58. The second kappa shape index (κ2) is 8.08. The number of hydrogen-bond acceptors (Lipinski definition) is 2. The van der Waals surface area contributed by atoms with Gasteiger partial charge in [-0.1, -0.05) is 43.0 Å². The molecule has 1 aliphatic heterocycles. The first-order valence-corrected chi connectivity index (χ1v) is 10.3. The van der Waals surface area contributed by atoms with E-state index in [9.17, 15) is 4.79 Å². The van der Waals surface area contributed by atoms with Gasteiger partial charge in [-0.15, -0.1) is 12.4 Å². The molecule has 1 aromatic rings. The van der Waals surface area contributed by atoms with Crippen molar-refractivity contribution < 1.29 is 4.79 Å². The van der Waals surface area contributed by atoms with Crippen molar-refractivity contribution in [2.75, 3.05) is 19.6 Å². The van der Waals surface area contributed by atoms with Crippen LogP contribution in [0.2, 0.25) is 5.02 Å². The first kappa shape index (κ1) is 20.0. The maximum absolute atomic E-state index is 12.8. The number of amides is 1. The Hall–Kier alpha value is -0.770. The standard InChI is InChI=1S/C21H29ClN2O.ClH/c22-17-6-4-16(5-7-17)21(8-2-1-3-9-21)15-24-19(25)18-14-20(18)10-12-23-13-11-20;/h4-7,18,23H,1-3,8-15H2,(H,24,25);1H. The molecular formula is C21H30Cl2N2O. The summed E-state index contributed by atoms with van der Waals surface area (Å²) in [6.07, 6.45) is 9.54. The van der Waals surface area contributed by atoms with Crippen LogP contribution < -0.4 is 10.6 Å². The lowest BCUT2D eigenvalue weighted by atomic mass is 9.69. The SMILES string of the molecule is Cl.O=C(NCC1(c2ccc(Cl)cc2)CCCCC1)C1CC12CCNCC2. The Morgan fingerprint density at radius 3 is 2.38 bits per heavy atom. The zero-order valence-corrected chi connectivity index (χ0v) is 16.9. The molecule has 2 saturated carbocycles. The third-order valence-corrected chi connectivity index (χ3v) is 7.23. The average Bonchev–Trinajstić information content (AvgIpc) is 3.34. The predicted molar refractivity (Wildman–Crippen MR) is 109 cm³/mol. The lowest BCUT2D eigenvalue weighted by Crippen LogP contribution is -2.43. The van der Waals surface area contributed by atoms with Gasteiger partial charge >= 0.3 is 0 Å². The molecule has 3 aliphatic rings. The van der Waals surface area contributed by atoms with Crippen molar-refractivity contribution in [2.45, 2.75) is 56.8 Å². The minimum absolute atomic E-state index is 0. The number of hydrogen-bond donors (Lipinski definition) is 2. The van der Waals surface area contributed by atoms with E-state index in [2.05, 4.69) is 22.8 Å². The molecule has 0 aromatic heterocycles. The van der Waals surface area contributed by atoms with Gasteiger partial charge in [-0.2, -0.15) is 0 Å². The lowest BCUT2D eigenvalue weighted by molar-refractivity contribution is -0.123. The molecule has 1 amide bonds. The van der Waals surface area contributed by atoms with Crippen molar-refractivity contribution in [1.82, 2.24) is 10.6 Å². The predicted octanol–water partition coefficient (Wildman–Crippen LogP) is 4.47. The second-order valence-corrected chi connectivity index (χ2v) is 8.87. The summed E-state index contributed by atoms with van der Waals surface area (Å²) in [4.78, 5) is 12.8. The molecule has 1 aromatic carbocycles. The van der Waals surface area contributed by atoms with Gasteiger partial charge in [0.15, 0.2) is 0 Å². The maximum atomic E-state index is 12.8. The first-order valence-electron chi connectivity index (χ1n) is 9.88. The van der Waals surface area contributed by atoms with Crippen molar-refractivity contribution in [3.05, 3.63) is 34.9 Å². The van der Waals surface area contributed by atoms with E-state index in [1.165, 1.54) is 24.8 Å². The average molecular weight is 397 g/mol. The summed E-state index contributed by atoms with van der Waals surface area (Å²) in [7, 11) is 0. The van der Waals surface area contributed by atoms with Crippen LogP contribution in [0, 0.1) is 11.3 Å². The highest BCUT2D eigenvalue weighted by molar-refractivity contribution is 6.30. The minimum atomic E-state index is 0. The molecule has 1 heterocycles. The van der Waals surface area contributed by atoms with E-state index in [-0.39, 0.29) is 23.7 Å². The minimum Gasteiger partial charge on any atom is -0.355 e. The van der Waals surface area contributed by atoms with Crippen LogP contribution in [-0.4, -0.2) is 25.5 Å². The number of benzene rings is 1. The van der Waals surface area contributed by atoms with Crippen LogP contribution in [0.3, 0.4) is 0 Å². The Bertz CT molecular complexity index is 619. The zero-order chi connectivity index (χ0) is 17.3. The van der Waals surface area contributed by atoms with Gasteiger partial charge in [0, 0.05) is 22.9 Å². The molecule has 3 nitrogen and oxygen atoms in total. The van der Waals surface area contributed by atoms with Gasteiger partial charge < -0.3 is 10.6 Å². The molecule has 2 N–H and O–H groups in total. The molecule has 0 radical (unpaired) electrons. The third kappa shape index (κ3) is 3.90. The quantitative estimate of drug-likeness (QED) is 0.787. The lowest BCUT2D eigenvalue weighted by Gasteiger charge is -2.38. The van der Waals surface area contributed by atoms with Crippen LogP contribution in [0.15, 0.2) is 24.3 Å². The largest absolute Gasteiger partial charge is 0.355 e. The van der Waals surface area contributed by atoms with Crippen molar-refractivity contribution in [1.29, 1.82) is 0 Å². The molecule has 4 rings (SSSR count). The molecule has 1 atom stereocenters. The summed E-state index contributed by atoms with van der Waals surface area (Å²) in [6, 6.07) is 8.29. The van der Waals surface area contributed by atoms with E-state index in [0.29, 0.717) is 11.3 Å². The van der Waals surface area contributed by atoms with Gasteiger partial charge in [0.2, 0.25) is 5.91 Å². The Balaban J connectivity index is 0.00000196. The molecule has 1 unspecified atom stereocenters. The number of carbonyl (C=O) groups is 1. The fraction of sp³-hybridized carbons (Fsp3) is 0.667. The number of piperidine rings is 1. The normalized spacial score (nSPS) is 26.0. The van der Waals surface area contributed by atoms with Gasteiger partial charge in [-0.05, 0) is 68.3 Å².